The van der Waals surface area contributed by atoms with E-state index in [9.17, 15) is 5.11 Å². The van der Waals surface area contributed by atoms with Crippen LogP contribution in [0.25, 0.3) is 11.0 Å². The first-order valence-corrected chi connectivity index (χ1v) is 16.6. The Morgan fingerprint density at radius 2 is 1.69 bits per heavy atom. The summed E-state index contributed by atoms with van der Waals surface area (Å²) in [4.78, 5) is 8.39. The fourth-order valence-corrected chi connectivity index (χ4v) is 17.1. The number of ether oxygens (including phenoxy) is 1. The third-order valence-corrected chi connectivity index (χ3v) is 18.0. The number of anilines is 1. The summed E-state index contributed by atoms with van der Waals surface area (Å²) < 4.78 is 37.7. The highest BCUT2D eigenvalue weighted by atomic mass is 28.5. The lowest BCUT2D eigenvalue weighted by atomic mass is 9.96. The molecule has 2 aromatic rings. The Balaban J connectivity index is 1.84. The van der Waals surface area contributed by atoms with Crippen molar-refractivity contribution in [2.24, 2.45) is 0 Å². The van der Waals surface area contributed by atoms with E-state index in [-0.39, 0.29) is 40.6 Å². The van der Waals surface area contributed by atoms with Crippen LogP contribution in [0.3, 0.4) is 0 Å². The van der Waals surface area contributed by atoms with E-state index in [1.165, 1.54) is 6.33 Å². The van der Waals surface area contributed by atoms with Crippen LogP contribution in [-0.2, 0) is 17.7 Å². The van der Waals surface area contributed by atoms with Gasteiger partial charge in [-0.2, -0.15) is 0 Å². The fraction of sp³-hybridized carbons (Fsp3) is 0.750. The molecule has 1 unspecified atom stereocenters. The maximum Gasteiger partial charge on any atom is 0.335 e. The lowest BCUT2D eigenvalue weighted by Crippen LogP contribution is -2.66. The zero-order valence-corrected chi connectivity index (χ0v) is 24.4. The van der Waals surface area contributed by atoms with E-state index < -0.39 is 41.2 Å². The summed E-state index contributed by atoms with van der Waals surface area (Å²) in [5, 5.41) is 12.4. The highest BCUT2D eigenvalue weighted by molar-refractivity contribution is 6.84. The molecule has 2 aromatic heterocycles. The normalized spacial score (nSPS) is 31.3. The number of hydrogen-bond acceptors (Lipinski definition) is 8. The van der Waals surface area contributed by atoms with E-state index in [2.05, 4.69) is 65.4 Å². The van der Waals surface area contributed by atoms with Crippen LogP contribution in [0.2, 0.25) is 22.2 Å². The highest BCUT2D eigenvalue weighted by Gasteiger charge is 2.64. The molecule has 9 nitrogen and oxygen atoms in total. The topological polar surface area (TPSA) is 114 Å². The van der Waals surface area contributed by atoms with E-state index in [1.807, 2.05) is 0 Å². The summed E-state index contributed by atoms with van der Waals surface area (Å²) in [5.74, 6) is 0.219. The third-order valence-electron chi connectivity index (χ3n) is 7.74. The number of fused-ring (bicyclic) bond motifs is 2. The molecule has 0 radical (unpaired) electrons. The minimum absolute atomic E-state index is 0.124. The number of nitrogens with zero attached hydrogens (tertiary/aromatic N) is 3. The Bertz CT molecular complexity index is 1090. The molecule has 4 heterocycles. The second-order valence-corrected chi connectivity index (χ2v) is 20.2. The molecule has 3 N–H and O–H groups in total. The van der Waals surface area contributed by atoms with Crippen molar-refractivity contribution in [1.82, 2.24) is 14.5 Å². The number of rotatable bonds is 5. The molecule has 2 saturated heterocycles. The second-order valence-electron chi connectivity index (χ2n) is 11.4. The SMILES string of the molecule is [3H]c1cn([C@@H]2O[C@@H]3CO[Si](C(C)C)(C(C)C)O[Si](C(C)C)(C(C)C)OC3[C@]2(C)O)c2ncnc(N)c12. The molecule has 0 saturated carbocycles. The van der Waals surface area contributed by atoms with Gasteiger partial charge in [0.1, 0.15) is 35.6 Å². The number of hydrogen-bond donors (Lipinski definition) is 2. The zero-order chi connectivity index (χ0) is 26.8. The van der Waals surface area contributed by atoms with E-state index >= 15 is 0 Å². The number of aromatic nitrogens is 3. The van der Waals surface area contributed by atoms with Crippen molar-refractivity contribution in [3.63, 3.8) is 0 Å². The van der Waals surface area contributed by atoms with Crippen LogP contribution in [0.15, 0.2) is 18.6 Å². The maximum absolute atomic E-state index is 12.0. The van der Waals surface area contributed by atoms with Crippen molar-refractivity contribution < 1.29 is 24.2 Å². The van der Waals surface area contributed by atoms with Crippen molar-refractivity contribution in [1.29, 1.82) is 0 Å². The predicted octanol–water partition coefficient (Wildman–Crippen LogP) is 4.62. The van der Waals surface area contributed by atoms with Gasteiger partial charge in [0.25, 0.3) is 0 Å². The smallest absolute Gasteiger partial charge is 0.335 e. The lowest BCUT2D eigenvalue weighted by molar-refractivity contribution is -0.0935. The van der Waals surface area contributed by atoms with E-state index in [1.54, 1.807) is 17.7 Å². The summed E-state index contributed by atoms with van der Waals surface area (Å²) >= 11 is 0. The Hall–Kier alpha value is -1.35. The number of aliphatic hydroxyl groups is 1. The summed E-state index contributed by atoms with van der Waals surface area (Å²) in [5.41, 5.74) is 5.70. The van der Waals surface area contributed by atoms with Gasteiger partial charge in [-0.1, -0.05) is 55.4 Å². The Morgan fingerprint density at radius 1 is 1.09 bits per heavy atom. The van der Waals surface area contributed by atoms with Gasteiger partial charge in [-0.15, -0.1) is 0 Å². The summed E-state index contributed by atoms with van der Waals surface area (Å²) in [6.07, 6.45) is 0.881. The van der Waals surface area contributed by atoms with Crippen molar-refractivity contribution >= 4 is 34.0 Å². The van der Waals surface area contributed by atoms with Crippen molar-refractivity contribution in [3.8, 4) is 0 Å². The Kier molecular flexibility index (Phi) is 6.65. The van der Waals surface area contributed by atoms with Gasteiger partial charge in [-0.3, -0.25) is 0 Å². The molecule has 0 spiro atoms. The molecule has 2 aliphatic rings. The van der Waals surface area contributed by atoms with Gasteiger partial charge < -0.3 is 33.1 Å². The molecular formula is C24H42N4O5Si2. The largest absolute Gasteiger partial charge is 0.414 e. The predicted molar refractivity (Wildman–Crippen MR) is 140 cm³/mol. The number of nitrogens with two attached hydrogens (primary N) is 1. The molecule has 2 fully saturated rings. The van der Waals surface area contributed by atoms with E-state index in [0.29, 0.717) is 11.0 Å². The average molecular weight is 525 g/mol. The van der Waals surface area contributed by atoms with Crippen molar-refractivity contribution in [3.05, 3.63) is 18.6 Å². The molecule has 0 aromatic carbocycles. The Labute approximate surface area is 212 Å². The monoisotopic (exact) mass is 524 g/mol. The molecule has 0 bridgehead atoms. The van der Waals surface area contributed by atoms with Crippen LogP contribution in [0.4, 0.5) is 5.82 Å². The van der Waals surface area contributed by atoms with Gasteiger partial charge in [-0.05, 0) is 35.1 Å². The first kappa shape index (κ1) is 25.3. The van der Waals surface area contributed by atoms with Gasteiger partial charge in [0.05, 0.1) is 13.4 Å². The molecule has 4 rings (SSSR count). The molecule has 0 amide bonds. The molecule has 0 aliphatic carbocycles. The lowest BCUT2D eigenvalue weighted by Gasteiger charge is -2.52. The molecule has 11 heteroatoms. The van der Waals surface area contributed by atoms with Gasteiger partial charge in [0.2, 0.25) is 0 Å². The maximum atomic E-state index is 12.0. The summed E-state index contributed by atoms with van der Waals surface area (Å²) in [6, 6.07) is 0.173. The Morgan fingerprint density at radius 3 is 2.26 bits per heavy atom. The van der Waals surface area contributed by atoms with E-state index in [0.717, 1.165) is 0 Å². The third kappa shape index (κ3) is 4.09. The van der Waals surface area contributed by atoms with Crippen LogP contribution in [0.1, 0.15) is 69.9 Å². The van der Waals surface area contributed by atoms with Crippen molar-refractivity contribution in [2.75, 3.05) is 12.3 Å². The summed E-state index contributed by atoms with van der Waals surface area (Å²) in [7, 11) is -5.67. The van der Waals surface area contributed by atoms with Crippen LogP contribution in [0.5, 0.6) is 0 Å². The van der Waals surface area contributed by atoms with E-state index in [4.69, 9.17) is 24.8 Å². The quantitative estimate of drug-likeness (QED) is 0.545. The van der Waals surface area contributed by atoms with Gasteiger partial charge >= 0.3 is 17.1 Å². The molecule has 2 aliphatic heterocycles. The van der Waals surface area contributed by atoms with Gasteiger partial charge in [0, 0.05) is 6.20 Å². The zero-order valence-electron chi connectivity index (χ0n) is 23.4. The first-order valence-electron chi connectivity index (χ1n) is 13.2. The standard InChI is InChI=1S/C24H42N4O5Si2/c1-14(2)34(15(3)4)30-12-19-20(32-35(33-34,16(5)6)17(7)8)24(9,29)23(31-19)28-11-10-18-21(25)26-13-27-22(18)28/h10-11,13-17,19-20,23,29H,12H2,1-9H3,(H2,25,26,27)/t19-,20?,23-,24+/m1/s1/i10T. The van der Waals surface area contributed by atoms with Gasteiger partial charge in [0.15, 0.2) is 6.23 Å². The first-order chi connectivity index (χ1) is 16.7. The number of nitrogen functional groups attached to an aromatic ring is 1. The van der Waals surface area contributed by atoms with Crippen LogP contribution >= 0.6 is 0 Å². The van der Waals surface area contributed by atoms with Crippen molar-refractivity contribution in [2.45, 2.75) is 109 Å². The second kappa shape index (κ2) is 9.19. The fourth-order valence-electron chi connectivity index (χ4n) is 5.78. The van der Waals surface area contributed by atoms with Crippen LogP contribution in [0, 0.1) is 0 Å². The molecule has 35 heavy (non-hydrogen) atoms. The molecule has 196 valence electrons. The minimum Gasteiger partial charge on any atom is -0.414 e. The molecule has 4 atom stereocenters. The van der Waals surface area contributed by atoms with Crippen LogP contribution in [-0.4, -0.2) is 61.2 Å². The average Bonchev–Trinajstić information content (AvgIpc) is 3.21. The molecular weight excluding hydrogens is 480 g/mol. The minimum atomic E-state index is -2.94. The van der Waals surface area contributed by atoms with Crippen LogP contribution < -0.4 is 5.73 Å². The summed E-state index contributed by atoms with van der Waals surface area (Å²) in [6.45, 7) is 19.3. The highest BCUT2D eigenvalue weighted by Crippen LogP contribution is 2.51. The van der Waals surface area contributed by atoms with Gasteiger partial charge in [-0.25, -0.2) is 9.97 Å².